The van der Waals surface area contributed by atoms with Crippen LogP contribution in [0.1, 0.15) is 194 Å². The second-order valence-corrected chi connectivity index (χ2v) is 18.9. The van der Waals surface area contributed by atoms with Crippen molar-refractivity contribution >= 4 is 13.7 Å². The van der Waals surface area contributed by atoms with Gasteiger partial charge in [0.15, 0.2) is 0 Å². The lowest BCUT2D eigenvalue weighted by molar-refractivity contribution is -0.870. The second kappa shape index (κ2) is 42.3. The molecule has 0 aromatic rings. The first kappa shape index (κ1) is 57.9. The summed E-state index contributed by atoms with van der Waals surface area (Å²) in [5.41, 5.74) is 0. The summed E-state index contributed by atoms with van der Waals surface area (Å²) < 4.78 is 23.5. The van der Waals surface area contributed by atoms with Gasteiger partial charge < -0.3 is 19.8 Å². The van der Waals surface area contributed by atoms with Crippen LogP contribution in [0.15, 0.2) is 72.9 Å². The van der Waals surface area contributed by atoms with Crippen molar-refractivity contribution in [3.8, 4) is 0 Å². The minimum Gasteiger partial charge on any atom is -0.387 e. The number of hydrogen-bond acceptors (Lipinski definition) is 5. The number of amides is 1. The molecule has 1 amide bonds. The molecule has 3 atom stereocenters. The first-order chi connectivity index (χ1) is 29.0. The van der Waals surface area contributed by atoms with Crippen LogP contribution in [0.2, 0.25) is 0 Å². The fourth-order valence-electron chi connectivity index (χ4n) is 6.56. The minimum atomic E-state index is -4.36. The molecule has 0 saturated carbocycles. The molecule has 0 heterocycles. The third kappa shape index (κ3) is 44.0. The van der Waals surface area contributed by atoms with Crippen LogP contribution in [0.25, 0.3) is 0 Å². The molecule has 0 bridgehead atoms. The Labute approximate surface area is 370 Å². The van der Waals surface area contributed by atoms with Crippen molar-refractivity contribution in [2.75, 3.05) is 40.9 Å². The topological polar surface area (TPSA) is 105 Å². The molecule has 3 unspecified atom stereocenters. The third-order valence-corrected chi connectivity index (χ3v) is 11.4. The predicted molar refractivity (Wildman–Crippen MR) is 258 cm³/mol. The van der Waals surface area contributed by atoms with Crippen LogP contribution in [0.3, 0.4) is 0 Å². The molecule has 348 valence electrons. The van der Waals surface area contributed by atoms with Gasteiger partial charge in [-0.25, -0.2) is 4.57 Å². The van der Waals surface area contributed by atoms with E-state index in [1.807, 2.05) is 27.2 Å². The van der Waals surface area contributed by atoms with Crippen molar-refractivity contribution in [3.05, 3.63) is 72.9 Å². The standard InChI is InChI=1S/C51H93N2O6P/c1-6-8-10-12-14-16-18-20-21-22-23-24-25-26-27-28-29-30-31-33-34-36-38-40-42-44-50(54)49(48-59-60(56,57)58-47-46-53(3,4)5)52-51(55)45-43-41-39-37-35-32-19-17-15-13-11-9-7-2/h9,11,15,17,29-30,32,34-36,42,44,49-50,54H,6-8,10,12-14,16,18-28,31,33,37-41,43,45-48H2,1-5H3,(H-,52,55,56,57)/p+1/b11-9-,17-15-,30-29+,35-32-,36-34+,44-42+. The minimum absolute atomic E-state index is 0.0443. The summed E-state index contributed by atoms with van der Waals surface area (Å²) in [6.45, 7) is 4.63. The fourth-order valence-corrected chi connectivity index (χ4v) is 7.29. The number of aliphatic hydroxyl groups is 1. The third-order valence-electron chi connectivity index (χ3n) is 10.4. The molecule has 3 N–H and O–H groups in total. The molecule has 0 aliphatic heterocycles. The Kier molecular flexibility index (Phi) is 40.8. The highest BCUT2D eigenvalue weighted by Crippen LogP contribution is 2.43. The lowest BCUT2D eigenvalue weighted by Crippen LogP contribution is -2.45. The summed E-state index contributed by atoms with van der Waals surface area (Å²) in [5, 5.41) is 13.8. The number of nitrogens with one attached hydrogen (secondary N) is 1. The maximum Gasteiger partial charge on any atom is 0.472 e. The maximum atomic E-state index is 12.8. The van der Waals surface area contributed by atoms with Crippen molar-refractivity contribution in [3.63, 3.8) is 0 Å². The number of quaternary nitrogens is 1. The van der Waals surface area contributed by atoms with Crippen LogP contribution in [-0.4, -0.2) is 73.4 Å². The van der Waals surface area contributed by atoms with E-state index in [9.17, 15) is 19.4 Å². The molecule has 0 aromatic carbocycles. The van der Waals surface area contributed by atoms with E-state index in [-0.39, 0.29) is 19.1 Å². The lowest BCUT2D eigenvalue weighted by atomic mass is 10.0. The number of likely N-dealkylation sites (N-methyl/N-ethyl adjacent to an activating group) is 1. The van der Waals surface area contributed by atoms with Crippen molar-refractivity contribution in [2.45, 2.75) is 206 Å². The molecular weight excluding hydrogens is 768 g/mol. The number of hydrogen-bond donors (Lipinski definition) is 3. The van der Waals surface area contributed by atoms with Gasteiger partial charge in [-0.1, -0.05) is 183 Å². The molecule has 0 fully saturated rings. The van der Waals surface area contributed by atoms with Gasteiger partial charge in [0.05, 0.1) is 39.9 Å². The average Bonchev–Trinajstić information content (AvgIpc) is 3.20. The van der Waals surface area contributed by atoms with Gasteiger partial charge in [-0.15, -0.1) is 0 Å². The lowest BCUT2D eigenvalue weighted by Gasteiger charge is -2.25. The van der Waals surface area contributed by atoms with E-state index in [0.717, 1.165) is 70.6 Å². The van der Waals surface area contributed by atoms with E-state index in [1.165, 1.54) is 103 Å². The van der Waals surface area contributed by atoms with Crippen LogP contribution < -0.4 is 5.32 Å². The summed E-state index contributed by atoms with van der Waals surface area (Å²) >= 11 is 0. The Morgan fingerprint density at radius 2 is 1.02 bits per heavy atom. The SMILES string of the molecule is CC/C=C\C/C=C\C/C=C\CCCCCC(=O)NC(COP(=O)(O)OCC[N+](C)(C)C)C(O)/C=C/CC/C=C/CC/C=C/CCCCCCCCCCCCCCCCC. The fraction of sp³-hybridized carbons (Fsp3) is 0.745. The summed E-state index contributed by atoms with van der Waals surface area (Å²) in [6.07, 6.45) is 57.2. The molecule has 8 nitrogen and oxygen atoms in total. The molecule has 0 aliphatic rings. The number of unbranched alkanes of at least 4 members (excludes halogenated alkanes) is 20. The molecule has 0 radical (unpaired) electrons. The van der Waals surface area contributed by atoms with Crippen molar-refractivity contribution in [2.24, 2.45) is 0 Å². The van der Waals surface area contributed by atoms with Gasteiger partial charge in [0.1, 0.15) is 13.2 Å². The van der Waals surface area contributed by atoms with E-state index in [4.69, 9.17) is 9.05 Å². The van der Waals surface area contributed by atoms with Gasteiger partial charge in [-0.2, -0.15) is 0 Å². The smallest absolute Gasteiger partial charge is 0.387 e. The van der Waals surface area contributed by atoms with Gasteiger partial charge in [0.2, 0.25) is 5.91 Å². The molecule has 0 rings (SSSR count). The molecule has 0 spiro atoms. The number of phosphoric acid groups is 1. The molecule has 9 heteroatoms. The largest absolute Gasteiger partial charge is 0.472 e. The normalized spacial score (nSPS) is 14.8. The van der Waals surface area contributed by atoms with Gasteiger partial charge >= 0.3 is 7.82 Å². The monoisotopic (exact) mass is 862 g/mol. The summed E-state index contributed by atoms with van der Waals surface area (Å²) in [7, 11) is 1.52. The van der Waals surface area contributed by atoms with Crippen molar-refractivity contribution in [1.82, 2.24) is 5.32 Å². The van der Waals surface area contributed by atoms with Gasteiger partial charge in [0.25, 0.3) is 0 Å². The summed E-state index contributed by atoms with van der Waals surface area (Å²) in [5.74, 6) is -0.223. The Bertz CT molecular complexity index is 1200. The number of allylic oxidation sites excluding steroid dienone is 11. The van der Waals surface area contributed by atoms with E-state index in [1.54, 1.807) is 6.08 Å². The average molecular weight is 862 g/mol. The number of rotatable bonds is 43. The molecule has 0 aromatic heterocycles. The Morgan fingerprint density at radius 1 is 0.583 bits per heavy atom. The van der Waals surface area contributed by atoms with E-state index in [2.05, 4.69) is 79.9 Å². The van der Waals surface area contributed by atoms with Gasteiger partial charge in [-0.3, -0.25) is 13.8 Å². The van der Waals surface area contributed by atoms with Gasteiger partial charge in [-0.05, 0) is 77.0 Å². The zero-order chi connectivity index (χ0) is 44.3. The second-order valence-electron chi connectivity index (χ2n) is 17.4. The summed E-state index contributed by atoms with van der Waals surface area (Å²) in [6, 6.07) is -0.888. The van der Waals surface area contributed by atoms with Crippen molar-refractivity contribution in [1.29, 1.82) is 0 Å². The zero-order valence-corrected chi connectivity index (χ0v) is 40.3. The Morgan fingerprint density at radius 3 is 1.53 bits per heavy atom. The highest BCUT2D eigenvalue weighted by molar-refractivity contribution is 7.47. The van der Waals surface area contributed by atoms with E-state index < -0.39 is 20.0 Å². The van der Waals surface area contributed by atoms with Crippen LogP contribution in [0.5, 0.6) is 0 Å². The van der Waals surface area contributed by atoms with Crippen LogP contribution in [0, 0.1) is 0 Å². The number of carbonyl (C=O) groups is 1. The highest BCUT2D eigenvalue weighted by Gasteiger charge is 2.27. The number of nitrogens with zero attached hydrogens (tertiary/aromatic N) is 1. The first-order valence-electron chi connectivity index (χ1n) is 24.3. The predicted octanol–water partition coefficient (Wildman–Crippen LogP) is 14.0. The Hall–Kier alpha value is -2.06. The number of aliphatic hydroxyl groups excluding tert-OH is 1. The van der Waals surface area contributed by atoms with Crippen LogP contribution in [0.4, 0.5) is 0 Å². The van der Waals surface area contributed by atoms with E-state index >= 15 is 0 Å². The zero-order valence-electron chi connectivity index (χ0n) is 39.4. The molecule has 0 aliphatic carbocycles. The van der Waals surface area contributed by atoms with Crippen LogP contribution >= 0.6 is 7.82 Å². The molecule has 0 saturated heterocycles. The Balaban J connectivity index is 4.40. The number of phosphoric ester groups is 1. The molecular formula is C51H94N2O6P+. The van der Waals surface area contributed by atoms with Crippen molar-refractivity contribution < 1.29 is 32.9 Å². The van der Waals surface area contributed by atoms with Crippen LogP contribution in [-0.2, 0) is 18.4 Å². The van der Waals surface area contributed by atoms with E-state index in [0.29, 0.717) is 17.4 Å². The molecule has 60 heavy (non-hydrogen) atoms. The summed E-state index contributed by atoms with van der Waals surface area (Å²) in [4.78, 5) is 23.1. The number of carbonyl (C=O) groups excluding carboxylic acids is 1. The maximum absolute atomic E-state index is 12.8. The first-order valence-corrected chi connectivity index (χ1v) is 25.8. The quantitative estimate of drug-likeness (QED) is 0.0244. The highest BCUT2D eigenvalue weighted by atomic mass is 31.2. The van der Waals surface area contributed by atoms with Gasteiger partial charge in [0, 0.05) is 6.42 Å².